The lowest BCUT2D eigenvalue weighted by Crippen LogP contribution is -2.52. The predicted molar refractivity (Wildman–Crippen MR) is 124 cm³/mol. The number of aromatic nitrogens is 1. The van der Waals surface area contributed by atoms with Gasteiger partial charge in [0.05, 0.1) is 14.2 Å². The van der Waals surface area contributed by atoms with Crippen LogP contribution < -0.4 is 9.47 Å². The summed E-state index contributed by atoms with van der Waals surface area (Å²) in [7, 11) is 5.47. The maximum atomic E-state index is 9.70. The second-order valence-electron chi connectivity index (χ2n) is 8.38. The zero-order valence-corrected chi connectivity index (χ0v) is 18.8. The van der Waals surface area contributed by atoms with Gasteiger partial charge in [-0.2, -0.15) is 0 Å². The number of ether oxygens (including phenoxy) is 2. The largest absolute Gasteiger partial charge is 0.497 e. The Labute approximate surface area is 184 Å². The number of rotatable bonds is 8. The topological polar surface area (TPSA) is 50.1 Å². The summed E-state index contributed by atoms with van der Waals surface area (Å²) in [5.41, 5.74) is 3.81. The summed E-state index contributed by atoms with van der Waals surface area (Å²) in [5.74, 6) is 1.62. The van der Waals surface area contributed by atoms with Gasteiger partial charge in [-0.05, 0) is 35.7 Å². The van der Waals surface area contributed by atoms with Crippen molar-refractivity contribution in [2.75, 3.05) is 40.5 Å². The maximum Gasteiger partial charge on any atom is 0.122 e. The molecule has 1 aliphatic heterocycles. The molecule has 6 nitrogen and oxygen atoms in total. The summed E-state index contributed by atoms with van der Waals surface area (Å²) < 4.78 is 13.1. The monoisotopic (exact) mass is 423 g/mol. The first-order chi connectivity index (χ1) is 15.1. The standard InChI is InChI=1S/C25H33N3O3/c1-26-16-20(24-6-4-5-7-25(24)26)17-27-9-10-28(21(18-27)8-11-29)15-19-12-22(30-2)14-23(13-19)31-3/h4-7,12-14,16,21,29H,8-11,15,17-18H2,1-3H3/t21-/m0/s1. The van der Waals surface area contributed by atoms with E-state index >= 15 is 0 Å². The fourth-order valence-electron chi connectivity index (χ4n) is 4.72. The highest BCUT2D eigenvalue weighted by molar-refractivity contribution is 5.83. The Hall–Kier alpha value is -2.54. The minimum atomic E-state index is 0.199. The van der Waals surface area contributed by atoms with Crippen LogP contribution in [0.4, 0.5) is 0 Å². The first kappa shape index (κ1) is 21.7. The Balaban J connectivity index is 1.47. The molecule has 0 saturated carbocycles. The molecule has 1 N–H and O–H groups in total. The van der Waals surface area contributed by atoms with Crippen LogP contribution in [0.1, 0.15) is 17.5 Å². The van der Waals surface area contributed by atoms with E-state index in [4.69, 9.17) is 9.47 Å². The quantitative estimate of drug-likeness (QED) is 0.603. The Kier molecular flexibility index (Phi) is 6.80. The van der Waals surface area contributed by atoms with Crippen molar-refractivity contribution in [3.8, 4) is 11.5 Å². The van der Waals surface area contributed by atoms with Gasteiger partial charge in [0.25, 0.3) is 0 Å². The first-order valence-electron chi connectivity index (χ1n) is 10.9. The molecule has 0 aliphatic carbocycles. The lowest BCUT2D eigenvalue weighted by molar-refractivity contribution is 0.0501. The van der Waals surface area contributed by atoms with Crippen LogP contribution in [0.25, 0.3) is 10.9 Å². The van der Waals surface area contributed by atoms with Crippen LogP contribution in [-0.2, 0) is 20.1 Å². The van der Waals surface area contributed by atoms with Crippen LogP contribution in [0, 0.1) is 0 Å². The highest BCUT2D eigenvalue weighted by Gasteiger charge is 2.27. The Morgan fingerprint density at radius 3 is 2.45 bits per heavy atom. The zero-order chi connectivity index (χ0) is 21.8. The highest BCUT2D eigenvalue weighted by atomic mass is 16.5. The lowest BCUT2D eigenvalue weighted by atomic mass is 10.1. The molecule has 4 rings (SSSR count). The molecule has 166 valence electrons. The number of hydrogen-bond donors (Lipinski definition) is 1. The number of methoxy groups -OCH3 is 2. The molecular formula is C25H33N3O3. The Morgan fingerprint density at radius 2 is 1.74 bits per heavy atom. The number of hydrogen-bond acceptors (Lipinski definition) is 5. The van der Waals surface area contributed by atoms with Crippen molar-refractivity contribution in [3.63, 3.8) is 0 Å². The van der Waals surface area contributed by atoms with Gasteiger partial charge in [-0.1, -0.05) is 18.2 Å². The second-order valence-corrected chi connectivity index (χ2v) is 8.38. The molecular weight excluding hydrogens is 390 g/mol. The van der Waals surface area contributed by atoms with Crippen molar-refractivity contribution in [2.24, 2.45) is 7.05 Å². The number of aliphatic hydroxyl groups is 1. The van der Waals surface area contributed by atoms with Crippen LogP contribution >= 0.6 is 0 Å². The summed E-state index contributed by atoms with van der Waals surface area (Å²) in [5, 5.41) is 11.0. The average molecular weight is 424 g/mol. The van der Waals surface area contributed by atoms with Crippen LogP contribution in [0.2, 0.25) is 0 Å². The number of fused-ring (bicyclic) bond motifs is 1. The van der Waals surface area contributed by atoms with Crippen molar-refractivity contribution in [2.45, 2.75) is 25.6 Å². The van der Waals surface area contributed by atoms with Gasteiger partial charge in [0.2, 0.25) is 0 Å². The molecule has 0 unspecified atom stereocenters. The SMILES string of the molecule is COc1cc(CN2CCN(Cc3cn(C)c4ccccc34)C[C@@H]2CCO)cc(OC)c1. The number of benzene rings is 2. The van der Waals surface area contributed by atoms with E-state index in [1.807, 2.05) is 6.07 Å². The number of para-hydroxylation sites is 1. The van der Waals surface area contributed by atoms with Gasteiger partial charge < -0.3 is 19.1 Å². The molecule has 0 spiro atoms. The third kappa shape index (κ3) is 4.87. The van der Waals surface area contributed by atoms with Gasteiger partial charge in [-0.3, -0.25) is 9.80 Å². The van der Waals surface area contributed by atoms with Gasteiger partial charge >= 0.3 is 0 Å². The van der Waals surface area contributed by atoms with Crippen LogP contribution in [0.15, 0.2) is 48.7 Å². The molecule has 2 aromatic carbocycles. The third-order valence-electron chi connectivity index (χ3n) is 6.32. The van der Waals surface area contributed by atoms with E-state index in [1.54, 1.807) is 14.2 Å². The van der Waals surface area contributed by atoms with Crippen molar-refractivity contribution < 1.29 is 14.6 Å². The van der Waals surface area contributed by atoms with Crippen LogP contribution in [0.3, 0.4) is 0 Å². The van der Waals surface area contributed by atoms with E-state index in [-0.39, 0.29) is 6.61 Å². The minimum Gasteiger partial charge on any atom is -0.497 e. The first-order valence-corrected chi connectivity index (χ1v) is 10.9. The number of piperazine rings is 1. The summed E-state index contributed by atoms with van der Waals surface area (Å²) in [6.45, 7) is 4.88. The molecule has 0 amide bonds. The minimum absolute atomic E-state index is 0.199. The number of aliphatic hydroxyl groups excluding tert-OH is 1. The molecule has 3 aromatic rings. The molecule has 1 aromatic heterocycles. The molecule has 1 atom stereocenters. The molecule has 0 bridgehead atoms. The molecule has 1 aliphatic rings. The van der Waals surface area contributed by atoms with E-state index in [2.05, 4.69) is 64.0 Å². The Bertz CT molecular complexity index is 994. The van der Waals surface area contributed by atoms with Gasteiger partial charge in [0.1, 0.15) is 11.5 Å². The van der Waals surface area contributed by atoms with Crippen molar-refractivity contribution in [3.05, 3.63) is 59.8 Å². The maximum absolute atomic E-state index is 9.70. The number of aryl methyl sites for hydroxylation is 1. The molecule has 1 saturated heterocycles. The molecule has 2 heterocycles. The van der Waals surface area contributed by atoms with Crippen LogP contribution in [0.5, 0.6) is 11.5 Å². The van der Waals surface area contributed by atoms with E-state index in [0.717, 1.165) is 50.6 Å². The third-order valence-corrected chi connectivity index (χ3v) is 6.32. The molecule has 31 heavy (non-hydrogen) atoms. The van der Waals surface area contributed by atoms with E-state index in [9.17, 15) is 5.11 Å². The van der Waals surface area contributed by atoms with Gasteiger partial charge in [-0.15, -0.1) is 0 Å². The smallest absolute Gasteiger partial charge is 0.122 e. The normalized spacial score (nSPS) is 17.9. The lowest BCUT2D eigenvalue weighted by Gasteiger charge is -2.41. The van der Waals surface area contributed by atoms with E-state index < -0.39 is 0 Å². The molecule has 6 heteroatoms. The van der Waals surface area contributed by atoms with E-state index in [1.165, 1.54) is 22.0 Å². The summed E-state index contributed by atoms with van der Waals surface area (Å²) >= 11 is 0. The second kappa shape index (κ2) is 9.73. The van der Waals surface area contributed by atoms with Crippen molar-refractivity contribution >= 4 is 10.9 Å². The van der Waals surface area contributed by atoms with Gasteiger partial charge in [-0.25, -0.2) is 0 Å². The summed E-state index contributed by atoms with van der Waals surface area (Å²) in [6, 6.07) is 14.9. The van der Waals surface area contributed by atoms with Crippen molar-refractivity contribution in [1.29, 1.82) is 0 Å². The number of nitrogens with zero attached hydrogens (tertiary/aromatic N) is 3. The summed E-state index contributed by atoms with van der Waals surface area (Å²) in [4.78, 5) is 4.99. The zero-order valence-electron chi connectivity index (χ0n) is 18.8. The van der Waals surface area contributed by atoms with E-state index in [0.29, 0.717) is 6.04 Å². The molecule has 0 radical (unpaired) electrons. The highest BCUT2D eigenvalue weighted by Crippen LogP contribution is 2.27. The van der Waals surface area contributed by atoms with Gasteiger partial charge in [0.15, 0.2) is 0 Å². The van der Waals surface area contributed by atoms with Gasteiger partial charge in [0, 0.05) is 75.6 Å². The Morgan fingerprint density at radius 1 is 1.00 bits per heavy atom. The fourth-order valence-corrected chi connectivity index (χ4v) is 4.72. The van der Waals surface area contributed by atoms with Crippen molar-refractivity contribution in [1.82, 2.24) is 14.4 Å². The predicted octanol–water partition coefficient (Wildman–Crippen LogP) is 3.26. The summed E-state index contributed by atoms with van der Waals surface area (Å²) in [6.07, 6.45) is 3.02. The average Bonchev–Trinajstić information content (AvgIpc) is 3.11. The molecule has 1 fully saturated rings. The fraction of sp³-hybridized carbons (Fsp3) is 0.440. The van der Waals surface area contributed by atoms with Crippen LogP contribution in [-0.4, -0.2) is 66.0 Å².